The number of fused-ring (bicyclic) bond motifs is 2. The van der Waals surface area contributed by atoms with E-state index in [0.717, 1.165) is 67.7 Å². The van der Waals surface area contributed by atoms with E-state index in [1.165, 1.54) is 17.3 Å². The number of aryl methyl sites for hydroxylation is 1. The van der Waals surface area contributed by atoms with Crippen molar-refractivity contribution in [3.63, 3.8) is 0 Å². The van der Waals surface area contributed by atoms with Gasteiger partial charge in [0, 0.05) is 25.8 Å². The largest absolute Gasteiger partial charge is 0.368 e. The standard InChI is InChI=1S/C20H23N5OS/c1-14-22-12-16-5-10-26-20(18(16)23-14)6-8-25(9-7-20)13-17-4-3-15(11-21)19(24-17)27-2/h3-4,12H,5-10,13H2,1-2H3. The number of nitrogens with zero attached hydrogens (tertiary/aromatic N) is 5. The second kappa shape index (κ2) is 7.55. The van der Waals surface area contributed by atoms with Crippen molar-refractivity contribution in [1.29, 1.82) is 5.26 Å². The predicted molar refractivity (Wildman–Crippen MR) is 103 cm³/mol. The summed E-state index contributed by atoms with van der Waals surface area (Å²) in [7, 11) is 0. The summed E-state index contributed by atoms with van der Waals surface area (Å²) in [6, 6.07) is 6.04. The maximum absolute atomic E-state index is 9.16. The number of thioether (sulfide) groups is 1. The van der Waals surface area contributed by atoms with Gasteiger partial charge in [-0.05, 0) is 50.1 Å². The smallest absolute Gasteiger partial charge is 0.125 e. The van der Waals surface area contributed by atoms with Crippen LogP contribution in [-0.2, 0) is 23.3 Å². The fourth-order valence-corrected chi connectivity index (χ4v) is 4.53. The molecule has 1 fully saturated rings. The van der Waals surface area contributed by atoms with Crippen molar-refractivity contribution < 1.29 is 4.74 Å². The van der Waals surface area contributed by atoms with Crippen LogP contribution < -0.4 is 0 Å². The average molecular weight is 382 g/mol. The van der Waals surface area contributed by atoms with Crippen molar-refractivity contribution in [3.8, 4) is 6.07 Å². The van der Waals surface area contributed by atoms with E-state index in [9.17, 15) is 0 Å². The molecule has 0 saturated carbocycles. The SMILES string of the molecule is CSc1nc(CN2CCC3(CC2)OCCc2cnc(C)nc23)ccc1C#N. The minimum Gasteiger partial charge on any atom is -0.368 e. The molecule has 0 unspecified atom stereocenters. The van der Waals surface area contributed by atoms with Gasteiger partial charge in [-0.2, -0.15) is 5.26 Å². The molecule has 2 aliphatic heterocycles. The van der Waals surface area contributed by atoms with E-state index in [4.69, 9.17) is 15.0 Å². The number of rotatable bonds is 3. The first-order valence-corrected chi connectivity index (χ1v) is 10.5. The van der Waals surface area contributed by atoms with Gasteiger partial charge in [-0.25, -0.2) is 15.0 Å². The highest BCUT2D eigenvalue weighted by molar-refractivity contribution is 7.98. The predicted octanol–water partition coefficient (Wildman–Crippen LogP) is 2.84. The Bertz CT molecular complexity index is 886. The zero-order valence-electron chi connectivity index (χ0n) is 15.7. The Kier molecular flexibility index (Phi) is 5.13. The van der Waals surface area contributed by atoms with Gasteiger partial charge in [0.25, 0.3) is 0 Å². The summed E-state index contributed by atoms with van der Waals surface area (Å²) < 4.78 is 6.28. The first kappa shape index (κ1) is 18.4. The van der Waals surface area contributed by atoms with Gasteiger partial charge < -0.3 is 4.74 Å². The van der Waals surface area contributed by atoms with Crippen molar-refractivity contribution in [3.05, 3.63) is 46.7 Å². The highest BCUT2D eigenvalue weighted by Gasteiger charge is 2.42. The molecule has 140 valence electrons. The lowest BCUT2D eigenvalue weighted by molar-refractivity contribution is -0.102. The lowest BCUT2D eigenvalue weighted by Crippen LogP contribution is -2.47. The summed E-state index contributed by atoms with van der Waals surface area (Å²) >= 11 is 1.52. The minimum absolute atomic E-state index is 0.264. The van der Waals surface area contributed by atoms with Crippen molar-refractivity contribution >= 4 is 11.8 Å². The second-order valence-electron chi connectivity index (χ2n) is 7.13. The molecular formula is C20H23N5OS. The third-order valence-electron chi connectivity index (χ3n) is 5.45. The topological polar surface area (TPSA) is 74.9 Å². The first-order chi connectivity index (χ1) is 13.1. The van der Waals surface area contributed by atoms with Crippen molar-refractivity contribution in [1.82, 2.24) is 19.9 Å². The number of likely N-dealkylation sites (tertiary alicyclic amines) is 1. The van der Waals surface area contributed by atoms with E-state index in [0.29, 0.717) is 5.56 Å². The third-order valence-corrected chi connectivity index (χ3v) is 6.15. The van der Waals surface area contributed by atoms with Gasteiger partial charge in [0.1, 0.15) is 22.5 Å². The Labute approximate surface area is 164 Å². The van der Waals surface area contributed by atoms with Crippen LogP contribution in [-0.4, -0.2) is 45.8 Å². The van der Waals surface area contributed by atoms with Crippen LogP contribution in [0.2, 0.25) is 0 Å². The number of hydrogen-bond acceptors (Lipinski definition) is 7. The molecule has 0 amide bonds. The number of ether oxygens (including phenoxy) is 1. The number of piperidine rings is 1. The maximum atomic E-state index is 9.16. The molecule has 27 heavy (non-hydrogen) atoms. The van der Waals surface area contributed by atoms with Gasteiger partial charge in [-0.3, -0.25) is 4.90 Å². The molecular weight excluding hydrogens is 358 g/mol. The first-order valence-electron chi connectivity index (χ1n) is 9.27. The van der Waals surface area contributed by atoms with Crippen molar-refractivity contribution in [2.45, 2.75) is 43.4 Å². The average Bonchev–Trinajstić information content (AvgIpc) is 2.70. The molecule has 2 aliphatic rings. The summed E-state index contributed by atoms with van der Waals surface area (Å²) in [5.74, 6) is 0.812. The van der Waals surface area contributed by atoms with E-state index < -0.39 is 0 Å². The lowest BCUT2D eigenvalue weighted by Gasteiger charge is -2.44. The molecule has 1 saturated heterocycles. The maximum Gasteiger partial charge on any atom is 0.125 e. The molecule has 0 radical (unpaired) electrons. The van der Waals surface area contributed by atoms with E-state index >= 15 is 0 Å². The molecule has 7 heteroatoms. The van der Waals surface area contributed by atoms with Gasteiger partial charge in [-0.15, -0.1) is 11.8 Å². The van der Waals surface area contributed by atoms with E-state index in [1.807, 2.05) is 31.5 Å². The molecule has 2 aromatic heterocycles. The number of nitriles is 1. The van der Waals surface area contributed by atoms with Crippen LogP contribution >= 0.6 is 11.8 Å². The summed E-state index contributed by atoms with van der Waals surface area (Å²) in [5, 5.41) is 9.97. The molecule has 4 heterocycles. The fourth-order valence-electron chi connectivity index (χ4n) is 3.99. The molecule has 0 bridgehead atoms. The molecule has 0 N–H and O–H groups in total. The number of pyridine rings is 1. The van der Waals surface area contributed by atoms with Gasteiger partial charge in [0.15, 0.2) is 0 Å². The molecule has 1 spiro atoms. The molecule has 0 atom stereocenters. The van der Waals surface area contributed by atoms with Gasteiger partial charge in [-0.1, -0.05) is 0 Å². The Morgan fingerprint density at radius 1 is 1.30 bits per heavy atom. The van der Waals surface area contributed by atoms with E-state index in [2.05, 4.69) is 20.9 Å². The Hall–Kier alpha value is -2.01. The van der Waals surface area contributed by atoms with E-state index in [-0.39, 0.29) is 5.60 Å². The summed E-state index contributed by atoms with van der Waals surface area (Å²) in [6.45, 7) is 5.37. The summed E-state index contributed by atoms with van der Waals surface area (Å²) in [4.78, 5) is 16.2. The Morgan fingerprint density at radius 3 is 2.85 bits per heavy atom. The van der Waals surface area contributed by atoms with Crippen LogP contribution in [0.4, 0.5) is 0 Å². The molecule has 6 nitrogen and oxygen atoms in total. The molecule has 2 aromatic rings. The zero-order chi connectivity index (χ0) is 18.9. The summed E-state index contributed by atoms with van der Waals surface area (Å²) in [5.41, 5.74) is 3.73. The van der Waals surface area contributed by atoms with Crippen LogP contribution in [0.3, 0.4) is 0 Å². The van der Waals surface area contributed by atoms with Crippen LogP contribution in [0.15, 0.2) is 23.4 Å². The minimum atomic E-state index is -0.264. The van der Waals surface area contributed by atoms with E-state index in [1.54, 1.807) is 0 Å². The lowest BCUT2D eigenvalue weighted by atomic mass is 9.83. The quantitative estimate of drug-likeness (QED) is 0.757. The fraction of sp³-hybridized carbons (Fsp3) is 0.500. The number of aromatic nitrogens is 3. The van der Waals surface area contributed by atoms with Crippen LogP contribution in [0.5, 0.6) is 0 Å². The molecule has 0 aromatic carbocycles. The second-order valence-corrected chi connectivity index (χ2v) is 7.93. The van der Waals surface area contributed by atoms with Crippen LogP contribution in [0, 0.1) is 18.3 Å². The highest BCUT2D eigenvalue weighted by Crippen LogP contribution is 2.40. The zero-order valence-corrected chi connectivity index (χ0v) is 16.6. The number of hydrogen-bond donors (Lipinski definition) is 0. The van der Waals surface area contributed by atoms with Crippen LogP contribution in [0.25, 0.3) is 0 Å². The van der Waals surface area contributed by atoms with Crippen LogP contribution in [0.1, 0.15) is 41.2 Å². The van der Waals surface area contributed by atoms with Gasteiger partial charge in [0.2, 0.25) is 0 Å². The van der Waals surface area contributed by atoms with Gasteiger partial charge >= 0.3 is 0 Å². The normalized spacial score (nSPS) is 18.9. The molecule has 4 rings (SSSR count). The van der Waals surface area contributed by atoms with Crippen molar-refractivity contribution in [2.75, 3.05) is 26.0 Å². The summed E-state index contributed by atoms with van der Waals surface area (Å²) in [6.07, 6.45) is 6.69. The molecule has 0 aliphatic carbocycles. The van der Waals surface area contributed by atoms with Gasteiger partial charge in [0.05, 0.1) is 23.6 Å². The Balaban J connectivity index is 1.48. The Morgan fingerprint density at radius 2 is 2.11 bits per heavy atom. The monoisotopic (exact) mass is 381 g/mol. The highest BCUT2D eigenvalue weighted by atomic mass is 32.2. The third kappa shape index (κ3) is 3.57. The van der Waals surface area contributed by atoms with Crippen molar-refractivity contribution in [2.24, 2.45) is 0 Å².